The lowest BCUT2D eigenvalue weighted by atomic mass is 10.0. The first-order chi connectivity index (χ1) is 18.5. The van der Waals surface area contributed by atoms with E-state index < -0.39 is 17.9 Å². The van der Waals surface area contributed by atoms with E-state index >= 15 is 0 Å². The molecular formula is C32H52O6. The molecule has 0 heterocycles. The Hall–Kier alpha value is -2.37. The predicted molar refractivity (Wildman–Crippen MR) is 153 cm³/mol. The van der Waals surface area contributed by atoms with Gasteiger partial charge in [-0.05, 0) is 37.5 Å². The van der Waals surface area contributed by atoms with E-state index in [1.165, 1.54) is 50.3 Å². The second-order valence-electron chi connectivity index (χ2n) is 10.1. The Kier molecular flexibility index (Phi) is 20.0. The van der Waals surface area contributed by atoms with Crippen LogP contribution in [0.3, 0.4) is 0 Å². The first kappa shape index (κ1) is 33.7. The Bertz CT molecular complexity index is 788. The lowest BCUT2D eigenvalue weighted by Crippen LogP contribution is -2.17. The standard InChI is InChI=1S/C32H52O6/c1-4-7-10-13-14-17-20-24-37-31(34)28-22-21-27(30(33)36-23-18-15-11-8-5-2)26-29(28)32(35)38-25-19-16-12-9-6-3/h21-22,26H,4-20,23-25H2,1-3H3. The third-order valence-electron chi connectivity index (χ3n) is 6.64. The molecule has 38 heavy (non-hydrogen) atoms. The van der Waals surface area contributed by atoms with Crippen molar-refractivity contribution in [2.75, 3.05) is 19.8 Å². The van der Waals surface area contributed by atoms with Crippen molar-refractivity contribution in [1.82, 2.24) is 0 Å². The van der Waals surface area contributed by atoms with Gasteiger partial charge in [0.05, 0.1) is 36.5 Å². The summed E-state index contributed by atoms with van der Waals surface area (Å²) in [5, 5.41) is 0. The monoisotopic (exact) mass is 532 g/mol. The fraction of sp³-hybridized carbons (Fsp3) is 0.719. The van der Waals surface area contributed by atoms with Gasteiger partial charge >= 0.3 is 17.9 Å². The summed E-state index contributed by atoms with van der Waals surface area (Å²) in [5.41, 5.74) is 0.414. The average Bonchev–Trinajstić information content (AvgIpc) is 2.93. The number of carbonyl (C=O) groups is 3. The molecule has 0 spiro atoms. The van der Waals surface area contributed by atoms with E-state index in [1.54, 1.807) is 0 Å². The first-order valence-corrected chi connectivity index (χ1v) is 15.2. The third kappa shape index (κ3) is 15.1. The summed E-state index contributed by atoms with van der Waals surface area (Å²) in [6.07, 6.45) is 18.3. The topological polar surface area (TPSA) is 78.9 Å². The van der Waals surface area contributed by atoms with Crippen LogP contribution >= 0.6 is 0 Å². The molecule has 1 rings (SSSR count). The Morgan fingerprint density at radius 3 is 1.29 bits per heavy atom. The van der Waals surface area contributed by atoms with Crippen LogP contribution in [0.1, 0.15) is 161 Å². The van der Waals surface area contributed by atoms with Crippen LogP contribution in [0.25, 0.3) is 0 Å². The van der Waals surface area contributed by atoms with E-state index in [1.807, 2.05) is 0 Å². The van der Waals surface area contributed by atoms with Crippen molar-refractivity contribution in [1.29, 1.82) is 0 Å². The van der Waals surface area contributed by atoms with Crippen molar-refractivity contribution in [3.05, 3.63) is 34.9 Å². The molecule has 0 aromatic heterocycles. The zero-order chi connectivity index (χ0) is 27.8. The van der Waals surface area contributed by atoms with E-state index in [-0.39, 0.29) is 23.3 Å². The van der Waals surface area contributed by atoms with E-state index in [0.29, 0.717) is 13.2 Å². The number of rotatable bonds is 23. The molecule has 6 heteroatoms. The SMILES string of the molecule is CCCCCCCCCOC(=O)c1ccc(C(=O)OCCCCCCC)cc1C(=O)OCCCCCCC. The molecule has 0 fully saturated rings. The van der Waals surface area contributed by atoms with Gasteiger partial charge in [0.2, 0.25) is 0 Å². The molecule has 0 aliphatic carbocycles. The maximum Gasteiger partial charge on any atom is 0.339 e. The number of esters is 3. The Morgan fingerprint density at radius 2 is 0.842 bits per heavy atom. The largest absolute Gasteiger partial charge is 0.462 e. The molecule has 0 aliphatic heterocycles. The average molecular weight is 533 g/mol. The maximum atomic E-state index is 12.9. The Morgan fingerprint density at radius 1 is 0.474 bits per heavy atom. The van der Waals surface area contributed by atoms with E-state index in [9.17, 15) is 14.4 Å². The summed E-state index contributed by atoms with van der Waals surface area (Å²) in [5.74, 6) is -1.68. The van der Waals surface area contributed by atoms with E-state index in [2.05, 4.69) is 20.8 Å². The van der Waals surface area contributed by atoms with Gasteiger partial charge in [-0.3, -0.25) is 0 Å². The third-order valence-corrected chi connectivity index (χ3v) is 6.64. The normalized spacial score (nSPS) is 10.8. The van der Waals surface area contributed by atoms with Crippen LogP contribution in [0.4, 0.5) is 0 Å². The summed E-state index contributed by atoms with van der Waals surface area (Å²) in [6.45, 7) is 7.43. The minimum absolute atomic E-state index is 0.0560. The van der Waals surface area contributed by atoms with Crippen molar-refractivity contribution in [3.8, 4) is 0 Å². The predicted octanol–water partition coefficient (Wildman–Crippen LogP) is 8.85. The molecule has 0 aliphatic rings. The van der Waals surface area contributed by atoms with Gasteiger partial charge in [-0.15, -0.1) is 0 Å². The van der Waals surface area contributed by atoms with E-state index in [0.717, 1.165) is 77.0 Å². The molecular weight excluding hydrogens is 480 g/mol. The van der Waals surface area contributed by atoms with Gasteiger partial charge in [-0.1, -0.05) is 111 Å². The number of carbonyl (C=O) groups excluding carboxylic acids is 3. The highest BCUT2D eigenvalue weighted by atomic mass is 16.5. The summed E-state index contributed by atoms with van der Waals surface area (Å²) < 4.78 is 16.3. The summed E-state index contributed by atoms with van der Waals surface area (Å²) >= 11 is 0. The fourth-order valence-electron chi connectivity index (χ4n) is 4.22. The summed E-state index contributed by atoms with van der Waals surface area (Å²) in [6, 6.07) is 4.40. The van der Waals surface area contributed by atoms with Gasteiger partial charge in [0.15, 0.2) is 0 Å². The molecule has 0 amide bonds. The highest BCUT2D eigenvalue weighted by Gasteiger charge is 2.22. The molecule has 0 radical (unpaired) electrons. The van der Waals surface area contributed by atoms with E-state index in [4.69, 9.17) is 14.2 Å². The lowest BCUT2D eigenvalue weighted by Gasteiger charge is -2.12. The first-order valence-electron chi connectivity index (χ1n) is 15.2. The summed E-state index contributed by atoms with van der Waals surface area (Å²) in [7, 11) is 0. The summed E-state index contributed by atoms with van der Waals surface area (Å²) in [4.78, 5) is 38.3. The molecule has 216 valence electrons. The fourth-order valence-corrected chi connectivity index (χ4v) is 4.22. The maximum absolute atomic E-state index is 12.9. The van der Waals surface area contributed by atoms with Gasteiger partial charge in [0.25, 0.3) is 0 Å². The zero-order valence-electron chi connectivity index (χ0n) is 24.3. The minimum Gasteiger partial charge on any atom is -0.462 e. The van der Waals surface area contributed by atoms with Crippen LogP contribution in [-0.2, 0) is 14.2 Å². The van der Waals surface area contributed by atoms with Gasteiger partial charge in [0.1, 0.15) is 0 Å². The Balaban J connectivity index is 2.73. The second-order valence-corrected chi connectivity index (χ2v) is 10.1. The Labute approximate surface area is 231 Å². The van der Waals surface area contributed by atoms with Crippen LogP contribution in [0.2, 0.25) is 0 Å². The van der Waals surface area contributed by atoms with Gasteiger partial charge < -0.3 is 14.2 Å². The molecule has 0 N–H and O–H groups in total. The number of ether oxygens (including phenoxy) is 3. The molecule has 0 bridgehead atoms. The van der Waals surface area contributed by atoms with Crippen LogP contribution in [0.15, 0.2) is 18.2 Å². The van der Waals surface area contributed by atoms with Crippen molar-refractivity contribution in [2.24, 2.45) is 0 Å². The molecule has 1 aromatic carbocycles. The van der Waals surface area contributed by atoms with Crippen molar-refractivity contribution >= 4 is 17.9 Å². The number of hydrogen-bond donors (Lipinski definition) is 0. The molecule has 0 unspecified atom stereocenters. The van der Waals surface area contributed by atoms with Crippen LogP contribution in [0, 0.1) is 0 Å². The highest BCUT2D eigenvalue weighted by Crippen LogP contribution is 2.18. The lowest BCUT2D eigenvalue weighted by molar-refractivity contribution is 0.0448. The van der Waals surface area contributed by atoms with Gasteiger partial charge in [-0.2, -0.15) is 0 Å². The highest BCUT2D eigenvalue weighted by molar-refractivity contribution is 6.05. The number of benzene rings is 1. The van der Waals surface area contributed by atoms with Crippen molar-refractivity contribution in [3.63, 3.8) is 0 Å². The second kappa shape index (κ2) is 22.6. The van der Waals surface area contributed by atoms with Crippen LogP contribution in [0.5, 0.6) is 0 Å². The molecule has 0 saturated heterocycles. The number of unbranched alkanes of at least 4 members (excludes halogenated alkanes) is 14. The van der Waals surface area contributed by atoms with Crippen molar-refractivity contribution in [2.45, 2.75) is 130 Å². The minimum atomic E-state index is -0.613. The zero-order valence-corrected chi connectivity index (χ0v) is 24.3. The van der Waals surface area contributed by atoms with Gasteiger partial charge in [0, 0.05) is 0 Å². The quantitative estimate of drug-likeness (QED) is 0.0795. The van der Waals surface area contributed by atoms with Crippen LogP contribution < -0.4 is 0 Å². The smallest absolute Gasteiger partial charge is 0.339 e. The van der Waals surface area contributed by atoms with Crippen molar-refractivity contribution < 1.29 is 28.6 Å². The number of hydrogen-bond acceptors (Lipinski definition) is 6. The molecule has 6 nitrogen and oxygen atoms in total. The molecule has 0 atom stereocenters. The molecule has 1 aromatic rings. The molecule has 0 saturated carbocycles. The van der Waals surface area contributed by atoms with Gasteiger partial charge in [-0.25, -0.2) is 14.4 Å². The van der Waals surface area contributed by atoms with Crippen LogP contribution in [-0.4, -0.2) is 37.7 Å².